The third kappa shape index (κ3) is 7.72. The molecular weight excluding hydrogens is 717 g/mol. The molecule has 55 heavy (non-hydrogen) atoms. The lowest BCUT2D eigenvalue weighted by Crippen LogP contribution is -2.60. The van der Waals surface area contributed by atoms with E-state index in [2.05, 4.69) is 13.8 Å². The van der Waals surface area contributed by atoms with Crippen LogP contribution in [-0.2, 0) is 38.1 Å². The predicted molar refractivity (Wildman–Crippen MR) is 197 cm³/mol. The summed E-state index contributed by atoms with van der Waals surface area (Å²) in [6.45, 7) is 17.9. The number of carbonyl (C=O) groups excluding carboxylic acids is 3. The monoisotopic (exact) mass is 784 g/mol. The first kappa shape index (κ1) is 42.7. The second-order valence-electron chi connectivity index (χ2n) is 19.7. The lowest BCUT2D eigenvalue weighted by Gasteiger charge is -2.60. The van der Waals surface area contributed by atoms with Crippen molar-refractivity contribution in [2.75, 3.05) is 0 Å². The molecule has 0 aromatic rings. The van der Waals surface area contributed by atoms with Crippen molar-refractivity contribution in [3.05, 3.63) is 0 Å². The number of carbonyl (C=O) groups is 3. The van der Waals surface area contributed by atoms with Crippen LogP contribution < -0.4 is 0 Å². The molecule has 0 aromatic heterocycles. The third-order valence-corrected chi connectivity index (χ3v) is 15.6. The van der Waals surface area contributed by atoms with E-state index < -0.39 is 35.3 Å². The van der Waals surface area contributed by atoms with E-state index in [-0.39, 0.29) is 71.6 Å². The van der Waals surface area contributed by atoms with Gasteiger partial charge in [-0.3, -0.25) is 14.4 Å². The highest BCUT2D eigenvalue weighted by Gasteiger charge is 2.67. The Kier molecular flexibility index (Phi) is 11.9. The molecule has 3 aliphatic heterocycles. The van der Waals surface area contributed by atoms with E-state index in [1.54, 1.807) is 0 Å². The Balaban J connectivity index is 0.000000141. The summed E-state index contributed by atoms with van der Waals surface area (Å²) < 4.78 is 66.8. The molecule has 10 unspecified atom stereocenters. The first-order chi connectivity index (χ1) is 25.6. The fourth-order valence-corrected chi connectivity index (χ4v) is 11.2. The Labute approximate surface area is 325 Å². The largest absolute Gasteiger partial charge is 0.458 e. The summed E-state index contributed by atoms with van der Waals surface area (Å²) in [5, 5.41) is 9.75. The van der Waals surface area contributed by atoms with E-state index in [0.29, 0.717) is 37.5 Å². The van der Waals surface area contributed by atoms with Gasteiger partial charge in [-0.15, -0.1) is 0 Å². The molecule has 8 bridgehead atoms. The van der Waals surface area contributed by atoms with Crippen LogP contribution in [0.25, 0.3) is 0 Å². The zero-order chi connectivity index (χ0) is 40.5. The number of aliphatic hydroxyl groups is 1. The first-order valence-electron chi connectivity index (χ1n) is 21.4. The molecule has 9 fully saturated rings. The van der Waals surface area contributed by atoms with Gasteiger partial charge in [0.15, 0.2) is 17.8 Å². The maximum atomic E-state index is 12.8. The number of alkyl halides is 3. The van der Waals surface area contributed by atoms with Gasteiger partial charge in [-0.25, -0.2) is 0 Å². The van der Waals surface area contributed by atoms with Crippen LogP contribution in [0.5, 0.6) is 0 Å². The van der Waals surface area contributed by atoms with Crippen molar-refractivity contribution < 1.29 is 56.3 Å². The van der Waals surface area contributed by atoms with Gasteiger partial charge in [0, 0.05) is 0 Å². The van der Waals surface area contributed by atoms with Crippen LogP contribution in [0.3, 0.4) is 0 Å². The van der Waals surface area contributed by atoms with E-state index >= 15 is 0 Å². The van der Waals surface area contributed by atoms with Gasteiger partial charge in [-0.1, -0.05) is 27.7 Å². The Morgan fingerprint density at radius 3 is 1.91 bits per heavy atom. The van der Waals surface area contributed by atoms with Crippen LogP contribution in [0, 0.1) is 52.3 Å². The average molecular weight is 785 g/mol. The fraction of sp³-hybridized carbons (Fsp3) is 0.930. The molecule has 3 saturated heterocycles. The molecule has 3 heterocycles. The maximum absolute atomic E-state index is 12.8. The molecule has 12 heteroatoms. The minimum atomic E-state index is -4.51. The van der Waals surface area contributed by atoms with Gasteiger partial charge in [0.25, 0.3) is 0 Å². The lowest BCUT2D eigenvalue weighted by atomic mass is 9.49. The number of rotatable bonds is 10. The molecule has 9 aliphatic rings. The molecular formula is C43H67F3O9. The standard InChI is InChI=1S/C18H30O2.C13H18O5.C12H19F3O2/c1-5-17(3,4)16(19)20-18(6-2)14-8-12-7-13(10-14)11-15(18)9-12;1-4-13(2,3)12(15)18-9-7-5-6-8(16-7)10(9)17-11(6)14;1-3-7(2)17-10-5-9-4-8(10)6-11(9,16)12(13,14)15/h12-15H,5-11H2,1-4H3;6-10H,4-5H2,1-3H3;7-10,16H,3-6H2,1-2H3. The van der Waals surface area contributed by atoms with Crippen LogP contribution in [0.4, 0.5) is 13.2 Å². The van der Waals surface area contributed by atoms with Crippen LogP contribution in [0.2, 0.25) is 0 Å². The van der Waals surface area contributed by atoms with Gasteiger partial charge in [-0.2, -0.15) is 13.2 Å². The Morgan fingerprint density at radius 1 is 0.836 bits per heavy atom. The van der Waals surface area contributed by atoms with E-state index in [9.17, 15) is 32.7 Å². The Hall–Kier alpha value is -1.92. The smallest absolute Gasteiger partial charge is 0.417 e. The molecule has 0 radical (unpaired) electrons. The highest BCUT2D eigenvalue weighted by Crippen LogP contribution is 2.61. The third-order valence-electron chi connectivity index (χ3n) is 15.6. The van der Waals surface area contributed by atoms with Gasteiger partial charge in [0.05, 0.1) is 35.1 Å². The SMILES string of the molecule is CCC(C)(C)C(=O)OC1(CC)C2CC3CC(C2)CC1C3.CCC(C)(C)C(=O)OC1C2CC3C(=O)OC1C3O2.CCC(C)OC1CC2CC1CC2(O)C(F)(F)F. The van der Waals surface area contributed by atoms with Crippen LogP contribution in [0.15, 0.2) is 0 Å². The summed E-state index contributed by atoms with van der Waals surface area (Å²) >= 11 is 0. The van der Waals surface area contributed by atoms with Gasteiger partial charge in [-0.05, 0) is 154 Å². The fourth-order valence-electron chi connectivity index (χ4n) is 11.2. The van der Waals surface area contributed by atoms with E-state index in [4.69, 9.17) is 23.7 Å². The van der Waals surface area contributed by atoms with Crippen molar-refractivity contribution in [3.8, 4) is 0 Å². The van der Waals surface area contributed by atoms with Gasteiger partial charge < -0.3 is 28.8 Å². The number of fused-ring (bicyclic) bond motifs is 3. The second kappa shape index (κ2) is 15.4. The highest BCUT2D eigenvalue weighted by atomic mass is 19.4. The number of halogens is 3. The normalized spacial score (nSPS) is 42.3. The number of esters is 3. The number of hydrogen-bond acceptors (Lipinski definition) is 9. The summed E-state index contributed by atoms with van der Waals surface area (Å²) in [4.78, 5) is 36.2. The molecule has 9 rings (SSSR count). The average Bonchev–Trinajstić information content (AvgIpc) is 3.93. The predicted octanol–water partition coefficient (Wildman–Crippen LogP) is 8.51. The van der Waals surface area contributed by atoms with Crippen molar-refractivity contribution in [2.24, 2.45) is 52.3 Å². The van der Waals surface area contributed by atoms with E-state index in [1.807, 2.05) is 48.5 Å². The molecule has 1 N–H and O–H groups in total. The molecule has 9 nitrogen and oxygen atoms in total. The highest BCUT2D eigenvalue weighted by molar-refractivity contribution is 5.79. The van der Waals surface area contributed by atoms with Gasteiger partial charge >= 0.3 is 24.1 Å². The van der Waals surface area contributed by atoms with Crippen molar-refractivity contribution in [1.82, 2.24) is 0 Å². The van der Waals surface area contributed by atoms with Gasteiger partial charge in [0.2, 0.25) is 0 Å². The Bertz CT molecular complexity index is 1400. The van der Waals surface area contributed by atoms with Crippen molar-refractivity contribution in [2.45, 2.75) is 200 Å². The first-order valence-corrected chi connectivity index (χ1v) is 21.4. The zero-order valence-electron chi connectivity index (χ0n) is 34.5. The summed E-state index contributed by atoms with van der Waals surface area (Å²) in [7, 11) is 0. The summed E-state index contributed by atoms with van der Waals surface area (Å²) in [5.74, 6) is 1.75. The van der Waals surface area contributed by atoms with Crippen LogP contribution in [0.1, 0.15) is 146 Å². The maximum Gasteiger partial charge on any atom is 0.417 e. The van der Waals surface area contributed by atoms with E-state index in [0.717, 1.165) is 31.1 Å². The van der Waals surface area contributed by atoms with Crippen LogP contribution >= 0.6 is 0 Å². The quantitative estimate of drug-likeness (QED) is 0.172. The Morgan fingerprint density at radius 2 is 1.42 bits per heavy atom. The summed E-state index contributed by atoms with van der Waals surface area (Å²) in [6, 6.07) is 0. The number of hydrogen-bond donors (Lipinski definition) is 1. The van der Waals surface area contributed by atoms with Crippen LogP contribution in [-0.4, -0.2) is 77.0 Å². The molecule has 0 aromatic carbocycles. The van der Waals surface area contributed by atoms with Crippen molar-refractivity contribution in [3.63, 3.8) is 0 Å². The molecule has 6 saturated carbocycles. The minimum absolute atomic E-state index is 0.0364. The van der Waals surface area contributed by atoms with Gasteiger partial charge in [0.1, 0.15) is 11.7 Å². The van der Waals surface area contributed by atoms with Crippen molar-refractivity contribution >= 4 is 17.9 Å². The topological polar surface area (TPSA) is 118 Å². The molecule has 0 spiro atoms. The zero-order valence-corrected chi connectivity index (χ0v) is 34.5. The summed E-state index contributed by atoms with van der Waals surface area (Å²) in [6.07, 6.45) is 5.59. The minimum Gasteiger partial charge on any atom is -0.458 e. The molecule has 6 aliphatic carbocycles. The molecule has 314 valence electrons. The molecule has 10 atom stereocenters. The second-order valence-corrected chi connectivity index (χ2v) is 19.7. The summed E-state index contributed by atoms with van der Waals surface area (Å²) in [5.41, 5.74) is -3.44. The number of ether oxygens (including phenoxy) is 5. The van der Waals surface area contributed by atoms with E-state index in [1.165, 1.54) is 32.1 Å². The van der Waals surface area contributed by atoms with Crippen molar-refractivity contribution in [1.29, 1.82) is 0 Å². The lowest BCUT2D eigenvalue weighted by molar-refractivity contribution is -0.282. The molecule has 0 amide bonds.